The van der Waals surface area contributed by atoms with Gasteiger partial charge in [-0.2, -0.15) is 0 Å². The first-order valence-corrected chi connectivity index (χ1v) is 6.83. The van der Waals surface area contributed by atoms with Crippen LogP contribution < -0.4 is 0 Å². The number of pyridine rings is 1. The van der Waals surface area contributed by atoms with E-state index >= 15 is 0 Å². The molecule has 1 aliphatic rings. The summed E-state index contributed by atoms with van der Waals surface area (Å²) in [6.45, 7) is 0. The van der Waals surface area contributed by atoms with Crippen molar-refractivity contribution < 1.29 is 9.53 Å². The first-order valence-electron chi connectivity index (χ1n) is 6.45. The monoisotopic (exact) mass is 278 g/mol. The summed E-state index contributed by atoms with van der Waals surface area (Å²) in [7, 11) is 1.36. The SMILES string of the molecule is COC(=O)c1cc(Cl)cc2c(C3CCCC3)ncn12. The molecule has 0 aromatic carbocycles. The van der Waals surface area contributed by atoms with E-state index in [9.17, 15) is 4.79 Å². The van der Waals surface area contributed by atoms with E-state index in [0.717, 1.165) is 24.1 Å². The Kier molecular flexibility index (Phi) is 3.19. The molecule has 100 valence electrons. The number of fused-ring (bicyclic) bond motifs is 1. The molecule has 0 amide bonds. The van der Waals surface area contributed by atoms with E-state index in [0.29, 0.717) is 16.6 Å². The summed E-state index contributed by atoms with van der Waals surface area (Å²) in [4.78, 5) is 16.3. The molecule has 0 N–H and O–H groups in total. The molecular weight excluding hydrogens is 264 g/mol. The summed E-state index contributed by atoms with van der Waals surface area (Å²) < 4.78 is 6.56. The number of methoxy groups -OCH3 is 1. The molecule has 4 nitrogen and oxygen atoms in total. The van der Waals surface area contributed by atoms with E-state index in [1.54, 1.807) is 16.8 Å². The lowest BCUT2D eigenvalue weighted by atomic mass is 10.0. The fraction of sp³-hybridized carbons (Fsp3) is 0.429. The predicted molar refractivity (Wildman–Crippen MR) is 72.8 cm³/mol. The van der Waals surface area contributed by atoms with Gasteiger partial charge in [0.1, 0.15) is 12.0 Å². The summed E-state index contributed by atoms with van der Waals surface area (Å²) in [5, 5.41) is 0.535. The normalized spacial score (nSPS) is 16.1. The van der Waals surface area contributed by atoms with Crippen LogP contribution in [0.1, 0.15) is 47.8 Å². The van der Waals surface area contributed by atoms with E-state index < -0.39 is 5.97 Å². The smallest absolute Gasteiger partial charge is 0.355 e. The molecule has 1 aliphatic carbocycles. The van der Waals surface area contributed by atoms with Gasteiger partial charge in [0.05, 0.1) is 18.3 Å². The Bertz CT molecular complexity index is 630. The first-order chi connectivity index (χ1) is 9.20. The van der Waals surface area contributed by atoms with Crippen molar-refractivity contribution in [1.29, 1.82) is 0 Å². The largest absolute Gasteiger partial charge is 0.464 e. The summed E-state index contributed by atoms with van der Waals surface area (Å²) in [5.74, 6) is 0.0804. The predicted octanol–water partition coefficient (Wildman–Crippen LogP) is 3.43. The Morgan fingerprint density at radius 2 is 2.16 bits per heavy atom. The zero-order chi connectivity index (χ0) is 13.4. The minimum atomic E-state index is -0.400. The highest BCUT2D eigenvalue weighted by Crippen LogP contribution is 2.36. The lowest BCUT2D eigenvalue weighted by Crippen LogP contribution is -2.07. The lowest BCUT2D eigenvalue weighted by Gasteiger charge is -2.08. The van der Waals surface area contributed by atoms with Crippen LogP contribution in [0, 0.1) is 0 Å². The fourth-order valence-electron chi connectivity index (χ4n) is 2.86. The molecule has 1 saturated carbocycles. The van der Waals surface area contributed by atoms with Crippen LogP contribution in [0.15, 0.2) is 18.5 Å². The van der Waals surface area contributed by atoms with E-state index in [1.165, 1.54) is 20.0 Å². The third-order valence-electron chi connectivity index (χ3n) is 3.78. The summed E-state index contributed by atoms with van der Waals surface area (Å²) >= 11 is 6.11. The molecule has 0 unspecified atom stereocenters. The molecule has 2 aromatic rings. The molecule has 0 bridgehead atoms. The minimum Gasteiger partial charge on any atom is -0.464 e. The van der Waals surface area contributed by atoms with E-state index in [1.807, 2.05) is 6.07 Å². The third kappa shape index (κ3) is 2.10. The molecule has 0 radical (unpaired) electrons. The van der Waals surface area contributed by atoms with Crippen molar-refractivity contribution in [3.8, 4) is 0 Å². The first kappa shape index (κ1) is 12.5. The molecule has 3 rings (SSSR count). The van der Waals surface area contributed by atoms with Crippen molar-refractivity contribution in [3.05, 3.63) is 34.9 Å². The second kappa shape index (κ2) is 4.85. The highest BCUT2D eigenvalue weighted by Gasteiger charge is 2.23. The van der Waals surface area contributed by atoms with Gasteiger partial charge in [0, 0.05) is 10.9 Å². The molecule has 0 aliphatic heterocycles. The van der Waals surface area contributed by atoms with Crippen LogP contribution in [-0.2, 0) is 4.74 Å². The van der Waals surface area contributed by atoms with Gasteiger partial charge in [0.15, 0.2) is 0 Å². The molecule has 0 spiro atoms. The molecule has 19 heavy (non-hydrogen) atoms. The van der Waals surface area contributed by atoms with Crippen molar-refractivity contribution in [2.24, 2.45) is 0 Å². The van der Waals surface area contributed by atoms with Gasteiger partial charge >= 0.3 is 5.97 Å². The number of halogens is 1. The second-order valence-corrected chi connectivity index (χ2v) is 5.35. The molecule has 2 heterocycles. The Morgan fingerprint density at radius 3 is 2.84 bits per heavy atom. The summed E-state index contributed by atoms with van der Waals surface area (Å²) in [6.07, 6.45) is 6.49. The lowest BCUT2D eigenvalue weighted by molar-refractivity contribution is 0.0592. The van der Waals surface area contributed by atoms with Gasteiger partial charge < -0.3 is 4.74 Å². The number of imidazole rings is 1. The van der Waals surface area contributed by atoms with Crippen molar-refractivity contribution >= 4 is 23.1 Å². The number of ether oxygens (including phenoxy) is 1. The van der Waals surface area contributed by atoms with Gasteiger partial charge in [-0.25, -0.2) is 9.78 Å². The van der Waals surface area contributed by atoms with Gasteiger partial charge in [-0.15, -0.1) is 0 Å². The van der Waals surface area contributed by atoms with Crippen LogP contribution in [0.3, 0.4) is 0 Å². The Hall–Kier alpha value is -1.55. The number of rotatable bonds is 2. The van der Waals surface area contributed by atoms with Gasteiger partial charge in [0.2, 0.25) is 0 Å². The van der Waals surface area contributed by atoms with Gasteiger partial charge in [-0.3, -0.25) is 4.40 Å². The quantitative estimate of drug-likeness (QED) is 0.791. The van der Waals surface area contributed by atoms with Crippen molar-refractivity contribution in [3.63, 3.8) is 0 Å². The minimum absolute atomic E-state index is 0.400. The van der Waals surface area contributed by atoms with Crippen molar-refractivity contribution in [2.75, 3.05) is 7.11 Å². The highest BCUT2D eigenvalue weighted by atomic mass is 35.5. The number of esters is 1. The van der Waals surface area contributed by atoms with Gasteiger partial charge in [-0.05, 0) is 25.0 Å². The molecule has 1 fully saturated rings. The number of carbonyl (C=O) groups excluding carboxylic acids is 1. The highest BCUT2D eigenvalue weighted by molar-refractivity contribution is 6.31. The molecular formula is C14H15ClN2O2. The number of carbonyl (C=O) groups is 1. The van der Waals surface area contributed by atoms with Gasteiger partial charge in [-0.1, -0.05) is 24.4 Å². The zero-order valence-electron chi connectivity index (χ0n) is 10.7. The summed E-state index contributed by atoms with van der Waals surface area (Å²) in [6, 6.07) is 3.48. The maximum absolute atomic E-state index is 11.8. The molecule has 0 atom stereocenters. The molecule has 2 aromatic heterocycles. The van der Waals surface area contributed by atoms with Crippen molar-refractivity contribution in [2.45, 2.75) is 31.6 Å². The number of nitrogens with zero attached hydrogens (tertiary/aromatic N) is 2. The standard InChI is InChI=1S/C14H15ClN2O2/c1-19-14(18)12-7-10(15)6-11-13(16-8-17(11)12)9-4-2-3-5-9/h6-9H,2-5H2,1H3. The Morgan fingerprint density at radius 1 is 1.42 bits per heavy atom. The Labute approximate surface area is 116 Å². The zero-order valence-corrected chi connectivity index (χ0v) is 11.5. The van der Waals surface area contributed by atoms with Crippen molar-refractivity contribution in [1.82, 2.24) is 9.38 Å². The topological polar surface area (TPSA) is 43.6 Å². The van der Waals surface area contributed by atoms with E-state index in [4.69, 9.17) is 16.3 Å². The van der Waals surface area contributed by atoms with Crippen LogP contribution in [0.2, 0.25) is 5.02 Å². The fourth-order valence-corrected chi connectivity index (χ4v) is 3.06. The van der Waals surface area contributed by atoms with E-state index in [-0.39, 0.29) is 0 Å². The maximum Gasteiger partial charge on any atom is 0.355 e. The van der Waals surface area contributed by atoms with Crippen LogP contribution in [0.4, 0.5) is 0 Å². The number of aromatic nitrogens is 2. The maximum atomic E-state index is 11.8. The molecule has 5 heteroatoms. The number of hydrogen-bond acceptors (Lipinski definition) is 3. The van der Waals surface area contributed by atoms with Gasteiger partial charge in [0.25, 0.3) is 0 Å². The van der Waals surface area contributed by atoms with Crippen LogP contribution >= 0.6 is 11.6 Å². The average Bonchev–Trinajstić information content (AvgIpc) is 3.04. The van der Waals surface area contributed by atoms with Crippen LogP contribution in [0.5, 0.6) is 0 Å². The van der Waals surface area contributed by atoms with Crippen LogP contribution in [0.25, 0.3) is 5.52 Å². The summed E-state index contributed by atoms with van der Waals surface area (Å²) in [5.41, 5.74) is 2.38. The number of hydrogen-bond donors (Lipinski definition) is 0. The Balaban J connectivity index is 2.17. The second-order valence-electron chi connectivity index (χ2n) is 4.92. The average molecular weight is 279 g/mol. The molecule has 0 saturated heterocycles. The van der Waals surface area contributed by atoms with E-state index in [2.05, 4.69) is 4.98 Å². The van der Waals surface area contributed by atoms with Crippen LogP contribution in [-0.4, -0.2) is 22.5 Å². The third-order valence-corrected chi connectivity index (χ3v) is 4.00.